The summed E-state index contributed by atoms with van der Waals surface area (Å²) in [6.07, 6.45) is 9.05. The lowest BCUT2D eigenvalue weighted by molar-refractivity contribution is 0.941. The molecule has 0 radical (unpaired) electrons. The zero-order chi connectivity index (χ0) is 11.0. The zero-order valence-electron chi connectivity index (χ0n) is 8.29. The standard InChI is InChI=1S/C12H7N3S/c1-2-9-5-8-16-12(9)10-4-7-15-11(14-10)3-6-13-15/h1,3-8H. The molecule has 4 heteroatoms. The molecule has 0 aliphatic heterocycles. The second-order valence-electron chi connectivity index (χ2n) is 3.25. The van der Waals surface area contributed by atoms with E-state index in [0.717, 1.165) is 21.8 Å². The molecule has 3 heterocycles. The smallest absolute Gasteiger partial charge is 0.155 e. The van der Waals surface area contributed by atoms with E-state index in [1.165, 1.54) is 0 Å². The molecule has 0 fully saturated rings. The van der Waals surface area contributed by atoms with Gasteiger partial charge in [-0.05, 0) is 17.5 Å². The molecule has 3 aromatic rings. The third-order valence-electron chi connectivity index (χ3n) is 2.31. The van der Waals surface area contributed by atoms with Crippen LogP contribution in [0.25, 0.3) is 16.2 Å². The van der Waals surface area contributed by atoms with Crippen molar-refractivity contribution in [3.8, 4) is 22.9 Å². The van der Waals surface area contributed by atoms with Crippen LogP contribution in [0.2, 0.25) is 0 Å². The van der Waals surface area contributed by atoms with Gasteiger partial charge in [0.1, 0.15) is 0 Å². The second-order valence-corrected chi connectivity index (χ2v) is 4.17. The number of hydrogen-bond acceptors (Lipinski definition) is 3. The van der Waals surface area contributed by atoms with Crippen molar-refractivity contribution < 1.29 is 0 Å². The van der Waals surface area contributed by atoms with Gasteiger partial charge in [0, 0.05) is 17.8 Å². The Kier molecular flexibility index (Phi) is 1.98. The summed E-state index contributed by atoms with van der Waals surface area (Å²) < 4.78 is 1.73. The fourth-order valence-corrected chi connectivity index (χ4v) is 2.39. The third kappa shape index (κ3) is 1.30. The quantitative estimate of drug-likeness (QED) is 0.595. The normalized spacial score (nSPS) is 10.4. The first-order chi connectivity index (χ1) is 7.88. The number of nitrogens with zero attached hydrogens (tertiary/aromatic N) is 3. The maximum Gasteiger partial charge on any atom is 0.155 e. The molecule has 0 atom stereocenters. The van der Waals surface area contributed by atoms with E-state index in [1.54, 1.807) is 22.0 Å². The van der Waals surface area contributed by atoms with Crippen LogP contribution in [0.1, 0.15) is 5.56 Å². The van der Waals surface area contributed by atoms with Crippen LogP contribution < -0.4 is 0 Å². The van der Waals surface area contributed by atoms with Crippen molar-refractivity contribution in [1.82, 2.24) is 14.6 Å². The molecular formula is C12H7N3S. The van der Waals surface area contributed by atoms with Crippen LogP contribution in [0.3, 0.4) is 0 Å². The zero-order valence-corrected chi connectivity index (χ0v) is 9.11. The fraction of sp³-hybridized carbons (Fsp3) is 0. The molecule has 0 saturated carbocycles. The molecule has 3 aromatic heterocycles. The summed E-state index contributed by atoms with van der Waals surface area (Å²) >= 11 is 1.60. The van der Waals surface area contributed by atoms with Crippen LogP contribution in [0.4, 0.5) is 0 Å². The molecular weight excluding hydrogens is 218 g/mol. The Bertz CT molecular complexity index is 687. The van der Waals surface area contributed by atoms with Crippen LogP contribution in [0.15, 0.2) is 36.0 Å². The van der Waals surface area contributed by atoms with E-state index >= 15 is 0 Å². The maximum absolute atomic E-state index is 5.44. The first-order valence-corrected chi connectivity index (χ1v) is 5.61. The van der Waals surface area contributed by atoms with E-state index in [9.17, 15) is 0 Å². The molecule has 16 heavy (non-hydrogen) atoms. The van der Waals surface area contributed by atoms with Crippen LogP contribution in [0, 0.1) is 12.3 Å². The summed E-state index contributed by atoms with van der Waals surface area (Å²) in [7, 11) is 0. The number of thiophene rings is 1. The van der Waals surface area contributed by atoms with Gasteiger partial charge in [0.2, 0.25) is 0 Å². The van der Waals surface area contributed by atoms with Crippen molar-refractivity contribution in [1.29, 1.82) is 0 Å². The summed E-state index contributed by atoms with van der Waals surface area (Å²) in [4.78, 5) is 5.54. The van der Waals surface area contributed by atoms with E-state index in [1.807, 2.05) is 29.8 Å². The summed E-state index contributed by atoms with van der Waals surface area (Å²) in [6, 6.07) is 5.72. The van der Waals surface area contributed by atoms with Crippen molar-refractivity contribution in [3.63, 3.8) is 0 Å². The second kappa shape index (κ2) is 3.47. The molecule has 3 nitrogen and oxygen atoms in total. The number of fused-ring (bicyclic) bond motifs is 1. The molecule has 0 bridgehead atoms. The van der Waals surface area contributed by atoms with Crippen LogP contribution in [-0.4, -0.2) is 14.6 Å². The van der Waals surface area contributed by atoms with Crippen molar-refractivity contribution in [2.75, 3.05) is 0 Å². The molecule has 0 amide bonds. The fourth-order valence-electron chi connectivity index (χ4n) is 1.56. The van der Waals surface area contributed by atoms with Crippen molar-refractivity contribution in [3.05, 3.63) is 41.5 Å². The number of terminal acetylenes is 1. The average molecular weight is 225 g/mol. The van der Waals surface area contributed by atoms with E-state index in [0.29, 0.717) is 0 Å². The van der Waals surface area contributed by atoms with Crippen LogP contribution >= 0.6 is 11.3 Å². The molecule has 0 aliphatic carbocycles. The molecule has 0 aliphatic rings. The maximum atomic E-state index is 5.44. The van der Waals surface area contributed by atoms with Gasteiger partial charge in [0.25, 0.3) is 0 Å². The largest absolute Gasteiger partial charge is 0.228 e. The van der Waals surface area contributed by atoms with Gasteiger partial charge in [0.15, 0.2) is 5.65 Å². The predicted octanol–water partition coefficient (Wildman–Crippen LogP) is 2.44. The van der Waals surface area contributed by atoms with Gasteiger partial charge in [-0.1, -0.05) is 5.92 Å². The topological polar surface area (TPSA) is 30.2 Å². The van der Waals surface area contributed by atoms with Crippen molar-refractivity contribution in [2.24, 2.45) is 0 Å². The lowest BCUT2D eigenvalue weighted by Gasteiger charge is -1.99. The van der Waals surface area contributed by atoms with E-state index in [2.05, 4.69) is 16.0 Å². The number of aromatic nitrogens is 3. The molecule has 0 unspecified atom stereocenters. The van der Waals surface area contributed by atoms with E-state index in [4.69, 9.17) is 6.42 Å². The minimum Gasteiger partial charge on any atom is -0.228 e. The first-order valence-electron chi connectivity index (χ1n) is 4.73. The minimum absolute atomic E-state index is 0.828. The predicted molar refractivity (Wildman–Crippen MR) is 64.2 cm³/mol. The monoisotopic (exact) mass is 225 g/mol. The van der Waals surface area contributed by atoms with Gasteiger partial charge in [-0.2, -0.15) is 5.10 Å². The van der Waals surface area contributed by atoms with Crippen molar-refractivity contribution >= 4 is 17.0 Å². The minimum atomic E-state index is 0.828. The van der Waals surface area contributed by atoms with E-state index < -0.39 is 0 Å². The Morgan fingerprint density at radius 1 is 1.31 bits per heavy atom. The highest BCUT2D eigenvalue weighted by Crippen LogP contribution is 2.27. The van der Waals surface area contributed by atoms with Crippen LogP contribution in [0.5, 0.6) is 0 Å². The SMILES string of the molecule is C#Cc1ccsc1-c1ccn2nccc2n1. The average Bonchev–Trinajstić information content (AvgIpc) is 2.96. The highest BCUT2D eigenvalue weighted by atomic mass is 32.1. The van der Waals surface area contributed by atoms with Gasteiger partial charge in [0.05, 0.1) is 16.8 Å². The molecule has 0 spiro atoms. The van der Waals surface area contributed by atoms with Gasteiger partial charge >= 0.3 is 0 Å². The Balaban J connectivity index is 2.22. The summed E-state index contributed by atoms with van der Waals surface area (Å²) in [5, 5.41) is 6.08. The Morgan fingerprint density at radius 3 is 3.12 bits per heavy atom. The van der Waals surface area contributed by atoms with Crippen LogP contribution in [-0.2, 0) is 0 Å². The molecule has 0 aromatic carbocycles. The van der Waals surface area contributed by atoms with Gasteiger partial charge in [-0.25, -0.2) is 9.50 Å². The van der Waals surface area contributed by atoms with Crippen molar-refractivity contribution in [2.45, 2.75) is 0 Å². The lowest BCUT2D eigenvalue weighted by Crippen LogP contribution is -1.91. The Hall–Kier alpha value is -2.12. The molecule has 0 saturated heterocycles. The van der Waals surface area contributed by atoms with Gasteiger partial charge in [-0.3, -0.25) is 0 Å². The number of rotatable bonds is 1. The first kappa shape index (κ1) is 9.13. The highest BCUT2D eigenvalue weighted by Gasteiger charge is 2.07. The Morgan fingerprint density at radius 2 is 2.25 bits per heavy atom. The number of hydrogen-bond donors (Lipinski definition) is 0. The third-order valence-corrected chi connectivity index (χ3v) is 3.25. The highest BCUT2D eigenvalue weighted by molar-refractivity contribution is 7.13. The van der Waals surface area contributed by atoms with Gasteiger partial charge in [-0.15, -0.1) is 17.8 Å². The molecule has 76 valence electrons. The van der Waals surface area contributed by atoms with Gasteiger partial charge < -0.3 is 0 Å². The van der Waals surface area contributed by atoms with E-state index in [-0.39, 0.29) is 0 Å². The Labute approximate surface area is 96.4 Å². The summed E-state index contributed by atoms with van der Waals surface area (Å²) in [5.74, 6) is 2.66. The molecule has 3 rings (SSSR count). The summed E-state index contributed by atoms with van der Waals surface area (Å²) in [5.41, 5.74) is 2.62. The summed E-state index contributed by atoms with van der Waals surface area (Å²) in [6.45, 7) is 0. The molecule has 0 N–H and O–H groups in total. The lowest BCUT2D eigenvalue weighted by atomic mass is 10.2.